The average Bonchev–Trinajstić information content (AvgIpc) is 3.48. The van der Waals surface area contributed by atoms with Crippen molar-refractivity contribution in [2.45, 2.75) is 45.2 Å². The second kappa shape index (κ2) is 8.78. The van der Waals surface area contributed by atoms with E-state index in [0.717, 1.165) is 48.1 Å². The summed E-state index contributed by atoms with van der Waals surface area (Å²) >= 11 is 0. The van der Waals surface area contributed by atoms with Crippen LogP contribution in [0.5, 0.6) is 0 Å². The molecule has 0 amide bonds. The molecule has 1 saturated heterocycles. The highest BCUT2D eigenvalue weighted by atomic mass is 16.1. The van der Waals surface area contributed by atoms with Crippen LogP contribution in [0.4, 0.5) is 0 Å². The molecule has 10 nitrogen and oxygen atoms in total. The summed E-state index contributed by atoms with van der Waals surface area (Å²) in [6.07, 6.45) is 7.46. The van der Waals surface area contributed by atoms with Gasteiger partial charge >= 0.3 is 0 Å². The molecule has 0 radical (unpaired) electrons. The van der Waals surface area contributed by atoms with Crippen LogP contribution in [-0.4, -0.2) is 69.8 Å². The van der Waals surface area contributed by atoms with Gasteiger partial charge < -0.3 is 4.90 Å². The minimum absolute atomic E-state index is 0.0792. The van der Waals surface area contributed by atoms with Crippen LogP contribution in [0.25, 0.3) is 22.2 Å². The Kier molecular flexibility index (Phi) is 5.67. The van der Waals surface area contributed by atoms with E-state index in [4.69, 9.17) is 0 Å². The minimum Gasteiger partial charge on any atom is -0.301 e. The predicted molar refractivity (Wildman–Crippen MR) is 123 cm³/mol. The quantitative estimate of drug-likeness (QED) is 0.417. The number of hydrogen-bond acceptors (Lipinski definition) is 8. The maximum absolute atomic E-state index is 12.9. The molecule has 1 aromatic carbocycles. The normalized spacial score (nSPS) is 15.5. The molecule has 33 heavy (non-hydrogen) atoms. The molecule has 170 valence electrons. The number of aromatic nitrogens is 8. The highest BCUT2D eigenvalue weighted by Gasteiger charge is 2.24. The lowest BCUT2D eigenvalue weighted by molar-refractivity contribution is 0.0986. The van der Waals surface area contributed by atoms with E-state index >= 15 is 0 Å². The van der Waals surface area contributed by atoms with Crippen molar-refractivity contribution in [2.75, 3.05) is 13.1 Å². The first-order valence-corrected chi connectivity index (χ1v) is 11.3. The molecule has 0 atom stereocenters. The number of ketones is 1. The summed E-state index contributed by atoms with van der Waals surface area (Å²) in [7, 11) is 1.83. The number of carbonyl (C=O) groups is 1. The number of hydrogen-bond donors (Lipinski definition) is 0. The van der Waals surface area contributed by atoms with Crippen LogP contribution >= 0.6 is 0 Å². The van der Waals surface area contributed by atoms with Gasteiger partial charge in [-0.05, 0) is 32.8 Å². The van der Waals surface area contributed by atoms with Crippen molar-refractivity contribution in [1.82, 2.24) is 44.9 Å². The Morgan fingerprint density at radius 3 is 2.67 bits per heavy atom. The molecular formula is C23H27N9O. The summed E-state index contributed by atoms with van der Waals surface area (Å²) in [6.45, 7) is 6.51. The Morgan fingerprint density at radius 2 is 1.94 bits per heavy atom. The van der Waals surface area contributed by atoms with Crippen LogP contribution < -0.4 is 0 Å². The summed E-state index contributed by atoms with van der Waals surface area (Å²) in [6, 6.07) is 6.68. The number of rotatable bonds is 6. The fraction of sp³-hybridized carbons (Fsp3) is 0.435. The number of carbonyl (C=O) groups excluding carboxylic acids is 1. The first-order chi connectivity index (χ1) is 16.0. The molecule has 3 aromatic heterocycles. The van der Waals surface area contributed by atoms with Gasteiger partial charge in [0, 0.05) is 43.3 Å². The maximum Gasteiger partial charge on any atom is 0.192 e. The second-order valence-electron chi connectivity index (χ2n) is 8.88. The fourth-order valence-corrected chi connectivity index (χ4v) is 4.27. The van der Waals surface area contributed by atoms with Crippen molar-refractivity contribution in [3.8, 4) is 11.3 Å². The molecule has 4 heterocycles. The van der Waals surface area contributed by atoms with Crippen LogP contribution in [0.3, 0.4) is 0 Å². The van der Waals surface area contributed by atoms with Gasteiger partial charge in [0.15, 0.2) is 5.78 Å². The lowest BCUT2D eigenvalue weighted by Gasteiger charge is -2.34. The van der Waals surface area contributed by atoms with Crippen molar-refractivity contribution < 1.29 is 4.79 Å². The fourth-order valence-electron chi connectivity index (χ4n) is 4.27. The van der Waals surface area contributed by atoms with E-state index in [1.54, 1.807) is 17.1 Å². The molecule has 1 fully saturated rings. The predicted octanol–water partition coefficient (Wildman–Crippen LogP) is 2.49. The highest BCUT2D eigenvalue weighted by molar-refractivity contribution is 5.95. The number of benzene rings is 1. The van der Waals surface area contributed by atoms with Gasteiger partial charge in [-0.25, -0.2) is 14.6 Å². The summed E-state index contributed by atoms with van der Waals surface area (Å²) in [4.78, 5) is 24.3. The average molecular weight is 446 g/mol. The minimum atomic E-state index is -0.134. The molecule has 10 heteroatoms. The molecule has 4 aromatic rings. The van der Waals surface area contributed by atoms with Gasteiger partial charge in [0.05, 0.1) is 30.4 Å². The first-order valence-electron chi connectivity index (χ1n) is 11.3. The third-order valence-corrected chi connectivity index (χ3v) is 6.25. The van der Waals surface area contributed by atoms with E-state index in [0.29, 0.717) is 17.6 Å². The van der Waals surface area contributed by atoms with Crippen LogP contribution in [0, 0.1) is 0 Å². The van der Waals surface area contributed by atoms with Crippen molar-refractivity contribution in [3.05, 3.63) is 48.3 Å². The van der Waals surface area contributed by atoms with Crippen LogP contribution in [-0.2, 0) is 13.5 Å². The van der Waals surface area contributed by atoms with Crippen molar-refractivity contribution in [2.24, 2.45) is 7.05 Å². The zero-order valence-corrected chi connectivity index (χ0v) is 19.1. The molecular weight excluding hydrogens is 418 g/mol. The molecule has 0 N–H and O–H groups in total. The van der Waals surface area contributed by atoms with Gasteiger partial charge in [0.25, 0.3) is 0 Å². The summed E-state index contributed by atoms with van der Waals surface area (Å²) in [5.74, 6) is 0.328. The number of piperidine rings is 1. The zero-order valence-electron chi connectivity index (χ0n) is 19.1. The number of aryl methyl sites for hydroxylation is 1. The van der Waals surface area contributed by atoms with Crippen LogP contribution in [0.2, 0.25) is 0 Å². The third kappa shape index (κ3) is 4.51. The van der Waals surface area contributed by atoms with Crippen molar-refractivity contribution in [1.29, 1.82) is 0 Å². The maximum atomic E-state index is 12.9. The second-order valence-corrected chi connectivity index (χ2v) is 8.88. The Hall–Kier alpha value is -3.53. The Bertz CT molecular complexity index is 1280. The largest absolute Gasteiger partial charge is 0.301 e. The number of nitrogens with zero attached hydrogens (tertiary/aromatic N) is 9. The number of fused-ring (bicyclic) bond motifs is 1. The van der Waals surface area contributed by atoms with Gasteiger partial charge in [-0.15, -0.1) is 10.2 Å². The van der Waals surface area contributed by atoms with Gasteiger partial charge in [-0.1, -0.05) is 22.6 Å². The van der Waals surface area contributed by atoms with Crippen molar-refractivity contribution >= 4 is 16.7 Å². The zero-order chi connectivity index (χ0) is 22.9. The smallest absolute Gasteiger partial charge is 0.192 e. The Labute approximate surface area is 191 Å². The number of Topliss-reactive ketones (excluding diaryl/α,β-unsaturated/α-hetero) is 1. The molecule has 0 bridgehead atoms. The molecule has 1 aliphatic rings. The van der Waals surface area contributed by atoms with Gasteiger partial charge in [0.2, 0.25) is 0 Å². The van der Waals surface area contributed by atoms with E-state index in [9.17, 15) is 4.79 Å². The monoisotopic (exact) mass is 445 g/mol. The van der Waals surface area contributed by atoms with E-state index < -0.39 is 0 Å². The Balaban J connectivity index is 1.29. The van der Waals surface area contributed by atoms with Gasteiger partial charge in [-0.3, -0.25) is 9.48 Å². The van der Waals surface area contributed by atoms with E-state index in [1.807, 2.05) is 36.1 Å². The molecule has 0 aliphatic carbocycles. The lowest BCUT2D eigenvalue weighted by atomic mass is 10.0. The summed E-state index contributed by atoms with van der Waals surface area (Å²) < 4.78 is 3.50. The molecule has 0 unspecified atom stereocenters. The van der Waals surface area contributed by atoms with E-state index in [1.165, 1.54) is 0 Å². The van der Waals surface area contributed by atoms with E-state index in [-0.39, 0.29) is 18.2 Å². The van der Waals surface area contributed by atoms with Gasteiger partial charge in [-0.2, -0.15) is 0 Å². The molecule has 1 aliphatic heterocycles. The van der Waals surface area contributed by atoms with Crippen LogP contribution in [0.15, 0.2) is 36.8 Å². The first kappa shape index (κ1) is 21.3. The van der Waals surface area contributed by atoms with Gasteiger partial charge in [0.1, 0.15) is 17.2 Å². The summed E-state index contributed by atoms with van der Waals surface area (Å²) in [5, 5.41) is 17.4. The standard InChI is InChI=1S/C23H27N9O/c1-15(2)31-8-6-18(7-9-31)32-14-21(27-29-32)22(33)11-23-24-12-17-5-4-16(10-19(17)25-23)20-13-30(3)28-26-20/h4-5,10,12-15,18H,6-9,11H2,1-3H3. The molecule has 5 rings (SSSR count). The lowest BCUT2D eigenvalue weighted by Crippen LogP contribution is -2.39. The SMILES string of the molecule is CC(C)N1CCC(n2cc(C(=O)Cc3ncc4ccc(-c5cn(C)nn5)cc4n3)nn2)CC1. The van der Waals surface area contributed by atoms with Crippen molar-refractivity contribution in [3.63, 3.8) is 0 Å². The highest BCUT2D eigenvalue weighted by Crippen LogP contribution is 2.24. The molecule has 0 spiro atoms. The third-order valence-electron chi connectivity index (χ3n) is 6.25. The van der Waals surface area contributed by atoms with E-state index in [2.05, 4.69) is 49.3 Å². The Morgan fingerprint density at radius 1 is 1.12 bits per heavy atom. The number of likely N-dealkylation sites (tertiary alicyclic amines) is 1. The topological polar surface area (TPSA) is 108 Å². The molecule has 0 saturated carbocycles. The summed E-state index contributed by atoms with van der Waals surface area (Å²) in [5.41, 5.74) is 2.80. The van der Waals surface area contributed by atoms with Crippen LogP contribution in [0.1, 0.15) is 49.0 Å².